The Morgan fingerprint density at radius 1 is 1.06 bits per heavy atom. The van der Waals surface area contributed by atoms with E-state index in [0.29, 0.717) is 54.8 Å². The Morgan fingerprint density at radius 3 is 2.51 bits per heavy atom. The number of hydrogen-bond donors (Lipinski definition) is 0. The van der Waals surface area contributed by atoms with Crippen molar-refractivity contribution in [3.05, 3.63) is 82.5 Å². The molecule has 0 saturated carbocycles. The van der Waals surface area contributed by atoms with Gasteiger partial charge in [-0.2, -0.15) is 0 Å². The summed E-state index contributed by atoms with van der Waals surface area (Å²) in [7, 11) is 0. The number of carbonyl (C=O) groups is 2. The van der Waals surface area contributed by atoms with Gasteiger partial charge in [0.25, 0.3) is 11.8 Å². The Hall–Kier alpha value is -3.03. The van der Waals surface area contributed by atoms with Gasteiger partial charge in [0.1, 0.15) is 5.76 Å². The van der Waals surface area contributed by atoms with Crippen molar-refractivity contribution < 1.29 is 18.7 Å². The summed E-state index contributed by atoms with van der Waals surface area (Å²) < 4.78 is 13.7. The third kappa shape index (κ3) is 5.97. The zero-order chi connectivity index (χ0) is 24.9. The van der Waals surface area contributed by atoms with Gasteiger partial charge < -0.3 is 23.5 Å². The lowest BCUT2D eigenvalue weighted by atomic mass is 10.2. The Morgan fingerprint density at radius 2 is 1.80 bits per heavy atom. The molecule has 2 aromatic heterocycles. The van der Waals surface area contributed by atoms with Gasteiger partial charge in [-0.15, -0.1) is 0 Å². The van der Waals surface area contributed by atoms with Crippen molar-refractivity contribution in [3.63, 3.8) is 0 Å². The Balaban J connectivity index is 1.46. The largest absolute Gasteiger partial charge is 0.454 e. The summed E-state index contributed by atoms with van der Waals surface area (Å²) in [6, 6.07) is 14.6. The van der Waals surface area contributed by atoms with Crippen molar-refractivity contribution in [1.82, 2.24) is 14.4 Å². The fraction of sp³-hybridized carbons (Fsp3) is 0.407. The van der Waals surface area contributed by atoms with Crippen LogP contribution in [0.15, 0.2) is 59.1 Å². The molecule has 0 radical (unpaired) electrons. The quantitative estimate of drug-likeness (QED) is 0.435. The molecule has 2 unspecified atom stereocenters. The molecule has 4 rings (SSSR count). The van der Waals surface area contributed by atoms with Gasteiger partial charge in [0, 0.05) is 31.5 Å². The van der Waals surface area contributed by atoms with Crippen molar-refractivity contribution in [1.29, 1.82) is 0 Å². The summed E-state index contributed by atoms with van der Waals surface area (Å²) in [5, 5.41) is 0.450. The lowest BCUT2D eigenvalue weighted by Gasteiger charge is -2.34. The average molecular weight is 498 g/mol. The van der Waals surface area contributed by atoms with Crippen molar-refractivity contribution in [2.75, 3.05) is 19.6 Å². The van der Waals surface area contributed by atoms with Crippen molar-refractivity contribution in [2.24, 2.45) is 0 Å². The number of halogens is 1. The normalized spacial score (nSPS) is 18.0. The highest BCUT2D eigenvalue weighted by Gasteiger charge is 2.28. The van der Waals surface area contributed by atoms with Crippen LogP contribution in [0.3, 0.4) is 0 Å². The molecule has 2 atom stereocenters. The van der Waals surface area contributed by atoms with Crippen molar-refractivity contribution in [3.8, 4) is 0 Å². The first-order valence-electron chi connectivity index (χ1n) is 12.1. The van der Waals surface area contributed by atoms with E-state index in [1.165, 1.54) is 0 Å². The van der Waals surface area contributed by atoms with Crippen LogP contribution in [0.5, 0.6) is 0 Å². The Bertz CT molecular complexity index is 1160. The highest BCUT2D eigenvalue weighted by Crippen LogP contribution is 2.21. The van der Waals surface area contributed by atoms with E-state index in [9.17, 15) is 9.59 Å². The number of amides is 2. The number of rotatable bonds is 8. The van der Waals surface area contributed by atoms with E-state index in [1.807, 2.05) is 66.8 Å². The smallest absolute Gasteiger partial charge is 0.289 e. The molecule has 0 bridgehead atoms. The van der Waals surface area contributed by atoms with E-state index in [0.717, 1.165) is 12.1 Å². The third-order valence-electron chi connectivity index (χ3n) is 6.07. The van der Waals surface area contributed by atoms with Crippen molar-refractivity contribution >= 4 is 23.4 Å². The van der Waals surface area contributed by atoms with Crippen molar-refractivity contribution in [2.45, 2.75) is 52.5 Å². The molecule has 0 spiro atoms. The second kappa shape index (κ2) is 11.1. The predicted molar refractivity (Wildman–Crippen MR) is 135 cm³/mol. The molecule has 7 nitrogen and oxygen atoms in total. The molecule has 0 aliphatic carbocycles. The van der Waals surface area contributed by atoms with Gasteiger partial charge in [0.15, 0.2) is 5.76 Å². The summed E-state index contributed by atoms with van der Waals surface area (Å²) in [5.41, 5.74) is 1.47. The fourth-order valence-corrected chi connectivity index (χ4v) is 4.73. The summed E-state index contributed by atoms with van der Waals surface area (Å²) in [5.74, 6) is 0.798. The van der Waals surface area contributed by atoms with E-state index >= 15 is 0 Å². The van der Waals surface area contributed by atoms with Crippen LogP contribution < -0.4 is 0 Å². The van der Waals surface area contributed by atoms with Gasteiger partial charge in [0.2, 0.25) is 0 Å². The molecule has 3 heterocycles. The zero-order valence-electron chi connectivity index (χ0n) is 20.4. The third-order valence-corrected chi connectivity index (χ3v) is 6.40. The first-order chi connectivity index (χ1) is 16.9. The number of benzene rings is 1. The predicted octanol–water partition coefficient (Wildman–Crippen LogP) is 5.08. The number of hydrogen-bond acceptors (Lipinski definition) is 4. The Kier molecular flexibility index (Phi) is 7.98. The SMILES string of the molecule is CCCN(Cc1cccn1Cc1ccc(C(=O)N2CC(C)OC(C)C2)o1)C(=O)c1ccccc1Cl. The molecule has 2 amide bonds. The van der Waals surface area contributed by atoms with E-state index in [1.54, 1.807) is 23.1 Å². The van der Waals surface area contributed by atoms with Crippen LogP contribution in [0.2, 0.25) is 5.02 Å². The van der Waals surface area contributed by atoms with E-state index in [2.05, 4.69) is 0 Å². The van der Waals surface area contributed by atoms with Crippen LogP contribution in [0.4, 0.5) is 0 Å². The molecule has 0 N–H and O–H groups in total. The molecule has 1 aliphatic heterocycles. The van der Waals surface area contributed by atoms with E-state index in [-0.39, 0.29) is 24.0 Å². The molecule has 186 valence electrons. The van der Waals surface area contributed by atoms with Crippen LogP contribution in [-0.4, -0.2) is 58.0 Å². The van der Waals surface area contributed by atoms with Crippen LogP contribution in [-0.2, 0) is 17.8 Å². The molecular weight excluding hydrogens is 466 g/mol. The van der Waals surface area contributed by atoms with Crippen LogP contribution in [0.1, 0.15) is 59.6 Å². The number of ether oxygens (including phenoxy) is 1. The van der Waals surface area contributed by atoms with Gasteiger partial charge in [-0.05, 0) is 56.7 Å². The fourth-order valence-electron chi connectivity index (χ4n) is 4.52. The van der Waals surface area contributed by atoms with Gasteiger partial charge in [-0.3, -0.25) is 9.59 Å². The van der Waals surface area contributed by atoms with Gasteiger partial charge in [-0.25, -0.2) is 0 Å². The number of carbonyl (C=O) groups excluding carboxylic acids is 2. The lowest BCUT2D eigenvalue weighted by molar-refractivity contribution is -0.0592. The monoisotopic (exact) mass is 497 g/mol. The standard InChI is InChI=1S/C27H32ClN3O4/c1-4-13-30(26(32)23-9-5-6-10-24(23)28)17-21-8-7-14-29(21)18-22-11-12-25(35-22)27(33)31-15-19(2)34-20(3)16-31/h5-12,14,19-20H,4,13,15-18H2,1-3H3. The van der Waals surface area contributed by atoms with Crippen LogP contribution in [0, 0.1) is 0 Å². The van der Waals surface area contributed by atoms with E-state index in [4.69, 9.17) is 20.8 Å². The van der Waals surface area contributed by atoms with E-state index < -0.39 is 0 Å². The minimum Gasteiger partial charge on any atom is -0.454 e. The summed E-state index contributed by atoms with van der Waals surface area (Å²) in [4.78, 5) is 29.7. The maximum absolute atomic E-state index is 13.2. The zero-order valence-corrected chi connectivity index (χ0v) is 21.2. The maximum atomic E-state index is 13.2. The van der Waals surface area contributed by atoms with Gasteiger partial charge >= 0.3 is 0 Å². The lowest BCUT2D eigenvalue weighted by Crippen LogP contribution is -2.48. The highest BCUT2D eigenvalue weighted by molar-refractivity contribution is 6.33. The van der Waals surface area contributed by atoms with Crippen LogP contribution >= 0.6 is 11.6 Å². The molecule has 1 saturated heterocycles. The molecular formula is C27H32ClN3O4. The van der Waals surface area contributed by atoms with Crippen LogP contribution in [0.25, 0.3) is 0 Å². The molecule has 1 fully saturated rings. The molecule has 1 aliphatic rings. The second-order valence-electron chi connectivity index (χ2n) is 9.07. The number of aromatic nitrogens is 1. The average Bonchev–Trinajstić information content (AvgIpc) is 3.47. The van der Waals surface area contributed by atoms with Gasteiger partial charge in [0.05, 0.1) is 35.9 Å². The molecule has 1 aromatic carbocycles. The first-order valence-corrected chi connectivity index (χ1v) is 12.4. The summed E-state index contributed by atoms with van der Waals surface area (Å²) >= 11 is 6.28. The van der Waals surface area contributed by atoms with Gasteiger partial charge in [-0.1, -0.05) is 30.7 Å². The first kappa shape index (κ1) is 25.1. The molecule has 35 heavy (non-hydrogen) atoms. The minimum atomic E-state index is -0.120. The summed E-state index contributed by atoms with van der Waals surface area (Å²) in [6.45, 7) is 8.60. The molecule has 3 aromatic rings. The topological polar surface area (TPSA) is 67.9 Å². The highest BCUT2D eigenvalue weighted by atomic mass is 35.5. The number of furan rings is 1. The maximum Gasteiger partial charge on any atom is 0.289 e. The Labute approximate surface area is 211 Å². The summed E-state index contributed by atoms with van der Waals surface area (Å²) in [6.07, 6.45) is 2.78. The minimum absolute atomic E-state index is 0.000825. The number of nitrogens with zero attached hydrogens (tertiary/aromatic N) is 3. The number of morpholine rings is 1. The molecule has 8 heteroatoms. The second-order valence-corrected chi connectivity index (χ2v) is 9.47.